The minimum atomic E-state index is -0.0282. The van der Waals surface area contributed by atoms with E-state index in [-0.39, 0.29) is 5.91 Å². The van der Waals surface area contributed by atoms with Crippen molar-refractivity contribution in [3.8, 4) is 11.5 Å². The van der Waals surface area contributed by atoms with Crippen molar-refractivity contribution in [2.45, 2.75) is 58.5 Å². The summed E-state index contributed by atoms with van der Waals surface area (Å²) in [5.41, 5.74) is 3.98. The van der Waals surface area contributed by atoms with Gasteiger partial charge in [0.2, 0.25) is 0 Å². The van der Waals surface area contributed by atoms with E-state index in [1.54, 1.807) is 0 Å². The van der Waals surface area contributed by atoms with Gasteiger partial charge in [-0.2, -0.15) is 0 Å². The van der Waals surface area contributed by atoms with Gasteiger partial charge in [0.25, 0.3) is 5.91 Å². The van der Waals surface area contributed by atoms with E-state index in [1.807, 2.05) is 24.3 Å². The molecule has 2 aliphatic rings. The van der Waals surface area contributed by atoms with E-state index in [9.17, 15) is 4.79 Å². The van der Waals surface area contributed by atoms with Crippen LogP contribution in [0.4, 0.5) is 0 Å². The summed E-state index contributed by atoms with van der Waals surface area (Å²) in [6.07, 6.45) is 6.32. The number of carbonyl (C=O) groups is 1. The van der Waals surface area contributed by atoms with Crippen LogP contribution in [-0.4, -0.2) is 23.7 Å². The van der Waals surface area contributed by atoms with Crippen molar-refractivity contribution in [2.24, 2.45) is 0 Å². The lowest BCUT2D eigenvalue weighted by Gasteiger charge is -2.26. The fraction of sp³-hybridized carbons (Fsp3) is 0.500. The first-order valence-corrected chi connectivity index (χ1v) is 9.99. The Morgan fingerprint density at radius 1 is 1.15 bits per heavy atom. The molecule has 5 heteroatoms. The van der Waals surface area contributed by atoms with Crippen molar-refractivity contribution in [1.29, 1.82) is 0 Å². The Kier molecular flexibility index (Phi) is 5.10. The number of nitrogens with one attached hydrogen (secondary N) is 1. The lowest BCUT2D eigenvalue weighted by molar-refractivity contribution is 0.0949. The number of hydrogen-bond acceptors (Lipinski definition) is 3. The summed E-state index contributed by atoms with van der Waals surface area (Å²) in [6, 6.07) is 8.37. The molecule has 0 spiro atoms. The second-order valence-electron chi connectivity index (χ2n) is 7.57. The quantitative estimate of drug-likeness (QED) is 0.875. The third-order valence-electron chi connectivity index (χ3n) is 5.76. The minimum Gasteiger partial charge on any atom is -0.486 e. The van der Waals surface area contributed by atoms with Gasteiger partial charge in [-0.15, -0.1) is 0 Å². The fourth-order valence-corrected chi connectivity index (χ4v) is 4.45. The van der Waals surface area contributed by atoms with E-state index in [0.717, 1.165) is 28.3 Å². The van der Waals surface area contributed by atoms with Gasteiger partial charge in [-0.25, -0.2) is 0 Å². The van der Waals surface area contributed by atoms with Crippen molar-refractivity contribution in [1.82, 2.24) is 9.88 Å². The van der Waals surface area contributed by atoms with E-state index in [0.29, 0.717) is 25.8 Å². The van der Waals surface area contributed by atoms with Crippen molar-refractivity contribution in [3.05, 3.63) is 46.8 Å². The Morgan fingerprint density at radius 3 is 2.74 bits per heavy atom. The molecule has 1 aliphatic heterocycles. The van der Waals surface area contributed by atoms with Crippen LogP contribution in [0.2, 0.25) is 0 Å². The van der Waals surface area contributed by atoms with Crippen LogP contribution < -0.4 is 14.8 Å². The third-order valence-corrected chi connectivity index (χ3v) is 5.76. The molecule has 2 heterocycles. The highest BCUT2D eigenvalue weighted by Crippen LogP contribution is 2.34. The second-order valence-corrected chi connectivity index (χ2v) is 7.57. The molecule has 1 aromatic carbocycles. The monoisotopic (exact) mass is 368 g/mol. The molecule has 0 bridgehead atoms. The third kappa shape index (κ3) is 3.55. The van der Waals surface area contributed by atoms with Crippen LogP contribution in [0.5, 0.6) is 11.5 Å². The highest BCUT2D eigenvalue weighted by molar-refractivity contribution is 5.95. The van der Waals surface area contributed by atoms with E-state index >= 15 is 0 Å². The lowest BCUT2D eigenvalue weighted by atomic mass is 9.95. The van der Waals surface area contributed by atoms with Crippen LogP contribution in [0.15, 0.2) is 24.3 Å². The van der Waals surface area contributed by atoms with Gasteiger partial charge < -0.3 is 19.4 Å². The topological polar surface area (TPSA) is 52.5 Å². The van der Waals surface area contributed by atoms with Gasteiger partial charge >= 0.3 is 0 Å². The molecule has 2 aromatic rings. The number of nitrogens with zero attached hydrogens (tertiary/aromatic N) is 1. The van der Waals surface area contributed by atoms with E-state index in [2.05, 4.69) is 23.7 Å². The number of rotatable bonds is 4. The van der Waals surface area contributed by atoms with Gasteiger partial charge in [0.15, 0.2) is 11.5 Å². The van der Waals surface area contributed by atoms with Crippen LogP contribution in [0.3, 0.4) is 0 Å². The smallest absolute Gasteiger partial charge is 0.253 e. The summed E-state index contributed by atoms with van der Waals surface area (Å²) in [4.78, 5) is 12.9. The second kappa shape index (κ2) is 7.67. The van der Waals surface area contributed by atoms with Crippen LogP contribution in [0.25, 0.3) is 0 Å². The van der Waals surface area contributed by atoms with Gasteiger partial charge in [0.05, 0.1) is 5.56 Å². The normalized spacial score (nSPS) is 17.0. The van der Waals surface area contributed by atoms with Gasteiger partial charge in [0, 0.05) is 29.5 Å². The van der Waals surface area contributed by atoms with E-state index in [4.69, 9.17) is 9.47 Å². The summed E-state index contributed by atoms with van der Waals surface area (Å²) < 4.78 is 13.7. The zero-order valence-corrected chi connectivity index (χ0v) is 16.2. The summed E-state index contributed by atoms with van der Waals surface area (Å²) in [6.45, 7) is 5.71. The van der Waals surface area contributed by atoms with Gasteiger partial charge in [-0.05, 0) is 38.8 Å². The van der Waals surface area contributed by atoms with Gasteiger partial charge in [-0.3, -0.25) is 4.79 Å². The number of amides is 1. The molecule has 1 N–H and O–H groups in total. The van der Waals surface area contributed by atoms with Crippen molar-refractivity contribution in [3.63, 3.8) is 0 Å². The zero-order valence-electron chi connectivity index (χ0n) is 16.2. The molecular formula is C22H28N2O3. The maximum absolute atomic E-state index is 12.9. The predicted octanol–water partition coefficient (Wildman–Crippen LogP) is 4.31. The number of carbonyl (C=O) groups excluding carboxylic acids is 1. The molecule has 0 radical (unpaired) electrons. The number of ether oxygens (including phenoxy) is 2. The zero-order chi connectivity index (χ0) is 18.8. The molecule has 1 amide bonds. The lowest BCUT2D eigenvalue weighted by Crippen LogP contribution is -2.25. The molecule has 1 saturated carbocycles. The van der Waals surface area contributed by atoms with Gasteiger partial charge in [0.1, 0.15) is 13.2 Å². The maximum Gasteiger partial charge on any atom is 0.253 e. The first-order valence-electron chi connectivity index (χ1n) is 9.99. The highest BCUT2D eigenvalue weighted by atomic mass is 16.6. The largest absolute Gasteiger partial charge is 0.486 e. The van der Waals surface area contributed by atoms with Crippen LogP contribution in [0, 0.1) is 13.8 Å². The van der Waals surface area contributed by atoms with E-state index < -0.39 is 0 Å². The SMILES string of the molecule is Cc1cc(C(=O)NCc2cccc3c2OCCO3)c(C)n1C1CCCCC1. The predicted molar refractivity (Wildman–Crippen MR) is 105 cm³/mol. The van der Waals surface area contributed by atoms with E-state index in [1.165, 1.54) is 37.8 Å². The number of aryl methyl sites for hydroxylation is 1. The molecular weight excluding hydrogens is 340 g/mol. The Balaban J connectivity index is 1.49. The number of hydrogen-bond donors (Lipinski definition) is 1. The number of fused-ring (bicyclic) bond motifs is 1. The fourth-order valence-electron chi connectivity index (χ4n) is 4.45. The van der Waals surface area contributed by atoms with Gasteiger partial charge in [-0.1, -0.05) is 31.4 Å². The standard InChI is InChI=1S/C22H28N2O3/c1-15-13-19(16(2)24(15)18-8-4-3-5-9-18)22(25)23-14-17-7-6-10-20-21(17)27-12-11-26-20/h6-7,10,13,18H,3-5,8-9,11-12,14H2,1-2H3,(H,23,25). The van der Waals surface area contributed by atoms with Crippen LogP contribution >= 0.6 is 0 Å². The number of para-hydroxylation sites is 1. The molecule has 0 atom stereocenters. The van der Waals surface area contributed by atoms with Crippen molar-refractivity contribution < 1.29 is 14.3 Å². The molecule has 0 saturated heterocycles. The average Bonchev–Trinajstić information content (AvgIpc) is 3.01. The number of aromatic nitrogens is 1. The minimum absolute atomic E-state index is 0.0282. The molecule has 5 nitrogen and oxygen atoms in total. The summed E-state index contributed by atoms with van der Waals surface area (Å²) in [5.74, 6) is 1.47. The summed E-state index contributed by atoms with van der Waals surface area (Å²) in [5, 5.41) is 3.06. The van der Waals surface area contributed by atoms with Crippen molar-refractivity contribution in [2.75, 3.05) is 13.2 Å². The van der Waals surface area contributed by atoms with Crippen LogP contribution in [0.1, 0.15) is 65.5 Å². The molecule has 27 heavy (non-hydrogen) atoms. The Labute approximate surface area is 160 Å². The maximum atomic E-state index is 12.9. The molecule has 1 fully saturated rings. The summed E-state index contributed by atoms with van der Waals surface area (Å²) in [7, 11) is 0. The Bertz CT molecular complexity index is 834. The first-order chi connectivity index (χ1) is 13.1. The average molecular weight is 368 g/mol. The first kappa shape index (κ1) is 18.0. The molecule has 0 unspecified atom stereocenters. The summed E-state index contributed by atoms with van der Waals surface area (Å²) >= 11 is 0. The molecule has 4 rings (SSSR count). The molecule has 144 valence electrons. The Hall–Kier alpha value is -2.43. The van der Waals surface area contributed by atoms with Crippen LogP contribution in [-0.2, 0) is 6.54 Å². The number of benzene rings is 1. The molecule has 1 aromatic heterocycles. The Morgan fingerprint density at radius 2 is 1.93 bits per heavy atom. The highest BCUT2D eigenvalue weighted by Gasteiger charge is 2.23. The molecule has 1 aliphatic carbocycles. The van der Waals surface area contributed by atoms with Crippen molar-refractivity contribution >= 4 is 5.91 Å².